The highest BCUT2D eigenvalue weighted by atomic mass is 16.1. The Bertz CT molecular complexity index is 630. The second-order valence-electron chi connectivity index (χ2n) is 5.61. The van der Waals surface area contributed by atoms with Crippen molar-refractivity contribution in [3.05, 3.63) is 53.3 Å². The first-order valence-electron chi connectivity index (χ1n) is 7.61. The molecule has 0 bridgehead atoms. The molecule has 1 atom stereocenters. The summed E-state index contributed by atoms with van der Waals surface area (Å²) >= 11 is 0. The molecule has 116 valence electrons. The molecular weight excluding hydrogens is 274 g/mol. The summed E-state index contributed by atoms with van der Waals surface area (Å²) in [5.74, 6) is -0.132. The van der Waals surface area contributed by atoms with Crippen LogP contribution in [0.1, 0.15) is 41.9 Å². The second-order valence-corrected chi connectivity index (χ2v) is 5.61. The molecule has 1 amide bonds. The topological polar surface area (TPSA) is 54.0 Å². The summed E-state index contributed by atoms with van der Waals surface area (Å²) in [5.41, 5.74) is 4.75. The first-order chi connectivity index (χ1) is 10.5. The monoisotopic (exact) mass is 297 g/mol. The summed E-state index contributed by atoms with van der Waals surface area (Å²) in [4.78, 5) is 16.2. The third kappa shape index (κ3) is 3.85. The molecule has 1 aromatic carbocycles. The average molecular weight is 297 g/mol. The number of rotatable bonds is 5. The number of anilines is 2. The van der Waals surface area contributed by atoms with Crippen LogP contribution in [-0.2, 0) is 0 Å². The van der Waals surface area contributed by atoms with Crippen LogP contribution >= 0.6 is 0 Å². The van der Waals surface area contributed by atoms with Gasteiger partial charge in [-0.25, -0.2) is 4.98 Å². The minimum Gasteiger partial charge on any atom is -0.354 e. The van der Waals surface area contributed by atoms with Gasteiger partial charge in [0.05, 0.1) is 11.9 Å². The maximum Gasteiger partial charge on any atom is 0.270 e. The van der Waals surface area contributed by atoms with Crippen molar-refractivity contribution < 1.29 is 4.79 Å². The van der Waals surface area contributed by atoms with E-state index in [1.807, 2.05) is 26.0 Å². The molecule has 0 spiro atoms. The molecule has 0 aliphatic heterocycles. The summed E-state index contributed by atoms with van der Waals surface area (Å²) < 4.78 is 0. The Morgan fingerprint density at radius 3 is 2.41 bits per heavy atom. The van der Waals surface area contributed by atoms with Crippen molar-refractivity contribution in [1.82, 2.24) is 10.3 Å². The van der Waals surface area contributed by atoms with Gasteiger partial charge in [0.15, 0.2) is 0 Å². The van der Waals surface area contributed by atoms with Crippen LogP contribution in [0.15, 0.2) is 36.5 Å². The molecule has 0 saturated heterocycles. The molecule has 1 aromatic heterocycles. The molecule has 0 aliphatic rings. The van der Waals surface area contributed by atoms with Gasteiger partial charge >= 0.3 is 0 Å². The number of carbonyl (C=O) groups excluding carboxylic acids is 1. The SMILES string of the molecule is CCC(C)NC(=O)c1ccc(Nc2c(C)cccc2C)cn1. The van der Waals surface area contributed by atoms with E-state index in [4.69, 9.17) is 0 Å². The van der Waals surface area contributed by atoms with Crippen LogP contribution in [0.5, 0.6) is 0 Å². The van der Waals surface area contributed by atoms with Gasteiger partial charge < -0.3 is 10.6 Å². The van der Waals surface area contributed by atoms with Gasteiger partial charge in [0.25, 0.3) is 5.91 Å². The molecule has 1 heterocycles. The fourth-order valence-electron chi connectivity index (χ4n) is 2.16. The van der Waals surface area contributed by atoms with Gasteiger partial charge in [0.2, 0.25) is 0 Å². The zero-order chi connectivity index (χ0) is 16.1. The van der Waals surface area contributed by atoms with Crippen molar-refractivity contribution in [2.24, 2.45) is 0 Å². The van der Waals surface area contributed by atoms with Crippen molar-refractivity contribution >= 4 is 17.3 Å². The van der Waals surface area contributed by atoms with Gasteiger partial charge in [0.1, 0.15) is 5.69 Å². The van der Waals surface area contributed by atoms with E-state index in [0.29, 0.717) is 5.69 Å². The Balaban J connectivity index is 2.11. The Morgan fingerprint density at radius 1 is 1.18 bits per heavy atom. The number of carbonyl (C=O) groups is 1. The van der Waals surface area contributed by atoms with Crippen LogP contribution in [0.4, 0.5) is 11.4 Å². The number of aryl methyl sites for hydroxylation is 2. The van der Waals surface area contributed by atoms with Gasteiger partial charge in [-0.1, -0.05) is 25.1 Å². The average Bonchev–Trinajstić information content (AvgIpc) is 2.51. The number of nitrogens with zero attached hydrogens (tertiary/aromatic N) is 1. The molecule has 1 unspecified atom stereocenters. The lowest BCUT2D eigenvalue weighted by molar-refractivity contribution is 0.0934. The molecule has 0 saturated carbocycles. The molecule has 0 aliphatic carbocycles. The number of aromatic nitrogens is 1. The standard InChI is InChI=1S/C18H23N3O/c1-5-14(4)20-18(22)16-10-9-15(11-19-16)21-17-12(2)7-6-8-13(17)3/h6-11,14,21H,5H2,1-4H3,(H,20,22). The van der Waals surface area contributed by atoms with Crippen molar-refractivity contribution in [1.29, 1.82) is 0 Å². The number of benzene rings is 1. The first kappa shape index (κ1) is 16.0. The van der Waals surface area contributed by atoms with Crippen LogP contribution in [-0.4, -0.2) is 16.9 Å². The van der Waals surface area contributed by atoms with Gasteiger partial charge in [-0.15, -0.1) is 0 Å². The van der Waals surface area contributed by atoms with Crippen molar-refractivity contribution in [3.8, 4) is 0 Å². The van der Waals surface area contributed by atoms with E-state index in [1.165, 1.54) is 11.1 Å². The predicted molar refractivity (Wildman–Crippen MR) is 90.7 cm³/mol. The number of pyridine rings is 1. The van der Waals surface area contributed by atoms with E-state index >= 15 is 0 Å². The lowest BCUT2D eigenvalue weighted by Gasteiger charge is -2.13. The molecule has 22 heavy (non-hydrogen) atoms. The highest BCUT2D eigenvalue weighted by Crippen LogP contribution is 2.23. The van der Waals surface area contributed by atoms with Crippen molar-refractivity contribution in [2.75, 3.05) is 5.32 Å². The van der Waals surface area contributed by atoms with E-state index in [-0.39, 0.29) is 11.9 Å². The summed E-state index contributed by atoms with van der Waals surface area (Å²) in [6.45, 7) is 8.15. The zero-order valence-corrected chi connectivity index (χ0v) is 13.6. The van der Waals surface area contributed by atoms with E-state index < -0.39 is 0 Å². The highest BCUT2D eigenvalue weighted by Gasteiger charge is 2.10. The van der Waals surface area contributed by atoms with E-state index in [9.17, 15) is 4.79 Å². The number of hydrogen-bond donors (Lipinski definition) is 2. The lowest BCUT2D eigenvalue weighted by Crippen LogP contribution is -2.32. The fraction of sp³-hybridized carbons (Fsp3) is 0.333. The van der Waals surface area contributed by atoms with Crippen molar-refractivity contribution in [2.45, 2.75) is 40.2 Å². The maximum absolute atomic E-state index is 12.0. The Morgan fingerprint density at radius 2 is 1.86 bits per heavy atom. The van der Waals surface area contributed by atoms with Crippen LogP contribution in [0, 0.1) is 13.8 Å². The Labute approximate surface area is 132 Å². The van der Waals surface area contributed by atoms with Gasteiger partial charge in [-0.3, -0.25) is 4.79 Å². The molecule has 4 heteroatoms. The van der Waals surface area contributed by atoms with Gasteiger partial charge in [-0.05, 0) is 50.5 Å². The molecule has 2 aromatic rings. The summed E-state index contributed by atoms with van der Waals surface area (Å²) in [6.07, 6.45) is 2.59. The van der Waals surface area contributed by atoms with Gasteiger partial charge in [-0.2, -0.15) is 0 Å². The van der Waals surface area contributed by atoms with Gasteiger partial charge in [0, 0.05) is 11.7 Å². The second kappa shape index (κ2) is 7.07. The third-order valence-corrected chi connectivity index (χ3v) is 3.74. The maximum atomic E-state index is 12.0. The first-order valence-corrected chi connectivity index (χ1v) is 7.61. The summed E-state index contributed by atoms with van der Waals surface area (Å²) in [5, 5.41) is 6.28. The quantitative estimate of drug-likeness (QED) is 0.878. The number of hydrogen-bond acceptors (Lipinski definition) is 3. The summed E-state index contributed by atoms with van der Waals surface area (Å²) in [6, 6.07) is 9.95. The Hall–Kier alpha value is -2.36. The molecule has 0 radical (unpaired) electrons. The third-order valence-electron chi connectivity index (χ3n) is 3.74. The zero-order valence-electron chi connectivity index (χ0n) is 13.6. The molecule has 2 rings (SSSR count). The highest BCUT2D eigenvalue weighted by molar-refractivity contribution is 5.92. The normalized spacial score (nSPS) is 11.8. The Kier molecular flexibility index (Phi) is 5.15. The van der Waals surface area contributed by atoms with E-state index in [2.05, 4.69) is 41.6 Å². The minimum atomic E-state index is -0.132. The molecule has 2 N–H and O–H groups in total. The molecule has 0 fully saturated rings. The minimum absolute atomic E-state index is 0.132. The van der Waals surface area contributed by atoms with Crippen LogP contribution in [0.2, 0.25) is 0 Å². The van der Waals surface area contributed by atoms with Crippen molar-refractivity contribution in [3.63, 3.8) is 0 Å². The van der Waals surface area contributed by atoms with E-state index in [0.717, 1.165) is 17.8 Å². The smallest absolute Gasteiger partial charge is 0.270 e. The largest absolute Gasteiger partial charge is 0.354 e. The fourth-order valence-corrected chi connectivity index (χ4v) is 2.16. The number of amides is 1. The van der Waals surface area contributed by atoms with Crippen LogP contribution < -0.4 is 10.6 Å². The van der Waals surface area contributed by atoms with Crippen LogP contribution in [0.25, 0.3) is 0 Å². The number of nitrogens with one attached hydrogen (secondary N) is 2. The molecule has 4 nitrogen and oxygen atoms in total. The van der Waals surface area contributed by atoms with Crippen LogP contribution in [0.3, 0.4) is 0 Å². The predicted octanol–water partition coefficient (Wildman–Crippen LogP) is 3.97. The lowest BCUT2D eigenvalue weighted by atomic mass is 10.1. The van der Waals surface area contributed by atoms with E-state index in [1.54, 1.807) is 12.3 Å². The molecular formula is C18H23N3O. The number of para-hydroxylation sites is 1. The summed E-state index contributed by atoms with van der Waals surface area (Å²) in [7, 11) is 0.